The van der Waals surface area contributed by atoms with Crippen LogP contribution in [-0.4, -0.2) is 14.9 Å². The monoisotopic (exact) mass is 164 g/mol. The van der Waals surface area contributed by atoms with Crippen molar-refractivity contribution in [2.75, 3.05) is 0 Å². The highest BCUT2D eigenvalue weighted by Crippen LogP contribution is 2.17. The molecule has 0 amide bonds. The smallest absolute Gasteiger partial charge is 0.166 e. The van der Waals surface area contributed by atoms with Crippen molar-refractivity contribution in [2.24, 2.45) is 7.05 Å². The summed E-state index contributed by atoms with van der Waals surface area (Å²) in [6.45, 7) is 3.46. The molecule has 3 nitrogen and oxygen atoms in total. The Morgan fingerprint density at radius 2 is 2.33 bits per heavy atom. The van der Waals surface area contributed by atoms with Gasteiger partial charge in [0.2, 0.25) is 0 Å². The van der Waals surface area contributed by atoms with Gasteiger partial charge in [-0.15, -0.1) is 6.42 Å². The first-order chi connectivity index (χ1) is 5.47. The predicted molar refractivity (Wildman–Crippen MR) is 46.3 cm³/mol. The maximum Gasteiger partial charge on any atom is 0.166 e. The van der Waals surface area contributed by atoms with E-state index in [9.17, 15) is 5.11 Å². The summed E-state index contributed by atoms with van der Waals surface area (Å²) in [4.78, 5) is 0. The van der Waals surface area contributed by atoms with Crippen LogP contribution in [0.25, 0.3) is 0 Å². The Bertz CT molecular complexity index is 311. The second-order valence-electron chi connectivity index (χ2n) is 3.01. The summed E-state index contributed by atoms with van der Waals surface area (Å²) in [5, 5.41) is 13.7. The van der Waals surface area contributed by atoms with Gasteiger partial charge in [-0.3, -0.25) is 4.68 Å². The lowest BCUT2D eigenvalue weighted by atomic mass is 10.0. The molecule has 1 atom stereocenters. The molecule has 1 N–H and O–H groups in total. The summed E-state index contributed by atoms with van der Waals surface area (Å²) in [5.74, 6) is 2.28. The van der Waals surface area contributed by atoms with Crippen LogP contribution in [0.1, 0.15) is 18.3 Å². The van der Waals surface area contributed by atoms with Gasteiger partial charge in [0.05, 0.1) is 0 Å². The van der Waals surface area contributed by atoms with Crippen LogP contribution in [-0.2, 0) is 12.6 Å². The normalized spacial score (nSPS) is 15.2. The van der Waals surface area contributed by atoms with Crippen molar-refractivity contribution in [2.45, 2.75) is 19.4 Å². The van der Waals surface area contributed by atoms with Crippen LogP contribution in [0.2, 0.25) is 0 Å². The van der Waals surface area contributed by atoms with Crippen molar-refractivity contribution in [1.82, 2.24) is 9.78 Å². The molecule has 1 heterocycles. The Hall–Kier alpha value is -1.27. The molecule has 3 heteroatoms. The van der Waals surface area contributed by atoms with E-state index in [2.05, 4.69) is 11.0 Å². The lowest BCUT2D eigenvalue weighted by molar-refractivity contribution is 0.116. The first-order valence-electron chi connectivity index (χ1n) is 3.68. The highest BCUT2D eigenvalue weighted by Gasteiger charge is 2.23. The van der Waals surface area contributed by atoms with E-state index in [0.717, 1.165) is 5.69 Å². The van der Waals surface area contributed by atoms with Gasteiger partial charge < -0.3 is 5.11 Å². The van der Waals surface area contributed by atoms with Crippen LogP contribution in [0.4, 0.5) is 0 Å². The number of aromatic nitrogens is 2. The average molecular weight is 164 g/mol. The molecule has 0 aliphatic carbocycles. The van der Waals surface area contributed by atoms with Crippen molar-refractivity contribution in [3.63, 3.8) is 0 Å². The fraction of sp³-hybridized carbons (Fsp3) is 0.444. The zero-order valence-corrected chi connectivity index (χ0v) is 7.50. The number of terminal acetylenes is 1. The molecule has 0 bridgehead atoms. The van der Waals surface area contributed by atoms with Crippen LogP contribution < -0.4 is 0 Å². The molecule has 0 saturated carbocycles. The molecule has 1 aromatic heterocycles. The molecule has 0 saturated heterocycles. The number of nitrogens with zero attached hydrogens (tertiary/aromatic N) is 2. The predicted octanol–water partition coefficient (Wildman–Crippen LogP) is 0.569. The van der Waals surface area contributed by atoms with Crippen LogP contribution in [0.3, 0.4) is 0 Å². The summed E-state index contributed by atoms with van der Waals surface area (Å²) in [5.41, 5.74) is 0.233. The Morgan fingerprint density at radius 1 is 1.75 bits per heavy atom. The van der Waals surface area contributed by atoms with Gasteiger partial charge in [0.1, 0.15) is 5.69 Å². The molecule has 0 aromatic carbocycles. The van der Waals surface area contributed by atoms with E-state index in [1.165, 1.54) is 0 Å². The van der Waals surface area contributed by atoms with Crippen LogP contribution in [0.5, 0.6) is 0 Å². The quantitative estimate of drug-likeness (QED) is 0.616. The number of aryl methyl sites for hydroxylation is 2. The molecule has 0 fully saturated rings. The van der Waals surface area contributed by atoms with Gasteiger partial charge in [-0.2, -0.15) is 5.10 Å². The number of rotatable bonds is 1. The Labute approximate surface area is 72.0 Å². The van der Waals surface area contributed by atoms with E-state index in [1.54, 1.807) is 17.7 Å². The zero-order chi connectivity index (χ0) is 9.35. The van der Waals surface area contributed by atoms with E-state index in [0.29, 0.717) is 5.69 Å². The minimum atomic E-state index is -1.26. The highest BCUT2D eigenvalue weighted by atomic mass is 16.3. The Kier molecular flexibility index (Phi) is 1.95. The summed E-state index contributed by atoms with van der Waals surface area (Å²) in [6.07, 6.45) is 5.15. The first kappa shape index (κ1) is 8.82. The number of hydrogen-bond donors (Lipinski definition) is 1. The lowest BCUT2D eigenvalue weighted by Gasteiger charge is -2.11. The van der Waals surface area contributed by atoms with Gasteiger partial charge in [-0.05, 0) is 19.9 Å². The van der Waals surface area contributed by atoms with Gasteiger partial charge in [-0.1, -0.05) is 5.92 Å². The molecule has 1 rings (SSSR count). The van der Waals surface area contributed by atoms with Crippen molar-refractivity contribution in [1.29, 1.82) is 0 Å². The Balaban J connectivity index is 3.14. The van der Waals surface area contributed by atoms with Crippen molar-refractivity contribution in [3.8, 4) is 12.3 Å². The van der Waals surface area contributed by atoms with E-state index in [1.807, 2.05) is 14.0 Å². The van der Waals surface area contributed by atoms with Crippen LogP contribution in [0, 0.1) is 19.3 Å². The van der Waals surface area contributed by atoms with Crippen molar-refractivity contribution < 1.29 is 5.11 Å². The van der Waals surface area contributed by atoms with Gasteiger partial charge in [0, 0.05) is 12.7 Å². The second-order valence-corrected chi connectivity index (χ2v) is 3.01. The molecule has 0 aliphatic heterocycles. The van der Waals surface area contributed by atoms with E-state index < -0.39 is 5.60 Å². The molecule has 0 aliphatic rings. The standard InChI is InChI=1S/C9H12N2O/c1-5-9(3,12)8-6-7(2)11(4)10-8/h1,6,12H,2-4H3. The average Bonchev–Trinajstić information content (AvgIpc) is 2.33. The van der Waals surface area contributed by atoms with E-state index in [4.69, 9.17) is 6.42 Å². The molecule has 1 unspecified atom stereocenters. The molecule has 1 aromatic rings. The summed E-state index contributed by atoms with van der Waals surface area (Å²) in [7, 11) is 1.81. The van der Waals surface area contributed by atoms with Crippen LogP contribution in [0.15, 0.2) is 6.07 Å². The van der Waals surface area contributed by atoms with E-state index in [-0.39, 0.29) is 0 Å². The minimum Gasteiger partial charge on any atom is -0.372 e. The number of hydrogen-bond acceptors (Lipinski definition) is 2. The fourth-order valence-corrected chi connectivity index (χ4v) is 0.872. The summed E-state index contributed by atoms with van der Waals surface area (Å²) < 4.78 is 1.68. The van der Waals surface area contributed by atoms with E-state index >= 15 is 0 Å². The molecular weight excluding hydrogens is 152 g/mol. The van der Waals surface area contributed by atoms with Crippen molar-refractivity contribution >= 4 is 0 Å². The van der Waals surface area contributed by atoms with Gasteiger partial charge in [-0.25, -0.2) is 0 Å². The maximum atomic E-state index is 9.62. The zero-order valence-electron chi connectivity index (χ0n) is 7.50. The molecule has 12 heavy (non-hydrogen) atoms. The SMILES string of the molecule is C#CC(C)(O)c1cc(C)n(C)n1. The molecular formula is C9H12N2O. The van der Waals surface area contributed by atoms with Crippen molar-refractivity contribution in [3.05, 3.63) is 17.5 Å². The number of aliphatic hydroxyl groups is 1. The molecule has 64 valence electrons. The summed E-state index contributed by atoms with van der Waals surface area (Å²) in [6, 6.07) is 1.78. The van der Waals surface area contributed by atoms with Gasteiger partial charge in [0.15, 0.2) is 5.60 Å². The Morgan fingerprint density at radius 3 is 2.67 bits per heavy atom. The molecule has 0 spiro atoms. The summed E-state index contributed by atoms with van der Waals surface area (Å²) >= 11 is 0. The topological polar surface area (TPSA) is 38.0 Å². The van der Waals surface area contributed by atoms with Gasteiger partial charge >= 0.3 is 0 Å². The second kappa shape index (κ2) is 2.65. The fourth-order valence-electron chi connectivity index (χ4n) is 0.872. The van der Waals surface area contributed by atoms with Gasteiger partial charge in [0.25, 0.3) is 0 Å². The third kappa shape index (κ3) is 1.34. The minimum absolute atomic E-state index is 0.519. The van der Waals surface area contributed by atoms with Crippen LogP contribution >= 0.6 is 0 Å². The highest BCUT2D eigenvalue weighted by molar-refractivity contribution is 5.23. The third-order valence-corrected chi connectivity index (χ3v) is 1.89. The third-order valence-electron chi connectivity index (χ3n) is 1.89. The lowest BCUT2D eigenvalue weighted by Crippen LogP contribution is -2.19. The molecule has 0 radical (unpaired) electrons. The maximum absolute atomic E-state index is 9.62. The first-order valence-corrected chi connectivity index (χ1v) is 3.68. The largest absolute Gasteiger partial charge is 0.372 e.